The SMILES string of the molecule is CC/C=C\C/C=C\C/C=C\C/C=C\C/C=C\C/C=C\C/C=C\CC(=O)OCC(O)COP(=O)(O)OCC(O)COP(=O)(O)OCC(O)COC(=O)CCCCC/C=C\C/C=C\C/C=C\C/C=C\C/C=C\CC. The van der Waals surface area contributed by atoms with Crippen molar-refractivity contribution in [3.8, 4) is 0 Å². The number of unbranched alkanes of at least 4 members (excludes halogenated alkanes) is 3. The van der Waals surface area contributed by atoms with E-state index in [4.69, 9.17) is 9.47 Å². The van der Waals surface area contributed by atoms with E-state index in [1.165, 1.54) is 0 Å². The van der Waals surface area contributed by atoms with Gasteiger partial charge in [-0.05, 0) is 96.3 Å². The Labute approximate surface area is 430 Å². The number of hydrogen-bond acceptors (Lipinski definition) is 13. The molecule has 0 saturated carbocycles. The number of aliphatic hydroxyl groups excluding tert-OH is 3. The molecule has 0 aliphatic carbocycles. The highest BCUT2D eigenvalue weighted by Gasteiger charge is 2.28. The maximum Gasteiger partial charge on any atom is 0.472 e. The molecule has 0 spiro atoms. The number of phosphoric ester groups is 2. The molecule has 0 aromatic carbocycles. The lowest BCUT2D eigenvalue weighted by Crippen LogP contribution is -2.25. The topological polar surface area (TPSA) is 225 Å². The van der Waals surface area contributed by atoms with Crippen LogP contribution in [-0.2, 0) is 46.3 Å². The van der Waals surface area contributed by atoms with Crippen molar-refractivity contribution in [2.24, 2.45) is 0 Å². The van der Waals surface area contributed by atoms with E-state index in [2.05, 4.69) is 153 Å². The Bertz CT molecular complexity index is 1840. The van der Waals surface area contributed by atoms with Gasteiger partial charge in [-0.15, -0.1) is 0 Å². The molecule has 0 aromatic rings. The summed E-state index contributed by atoms with van der Waals surface area (Å²) < 4.78 is 52.9. The van der Waals surface area contributed by atoms with Crippen molar-refractivity contribution in [1.29, 1.82) is 0 Å². The minimum atomic E-state index is -4.82. The van der Waals surface area contributed by atoms with Crippen molar-refractivity contribution in [2.45, 2.75) is 148 Å². The summed E-state index contributed by atoms with van der Waals surface area (Å²) in [7, 11) is -9.64. The van der Waals surface area contributed by atoms with Gasteiger partial charge in [0, 0.05) is 6.42 Å². The summed E-state index contributed by atoms with van der Waals surface area (Å²) in [6.45, 7) is -0.00873. The second-order valence-electron chi connectivity index (χ2n) is 16.1. The van der Waals surface area contributed by atoms with Gasteiger partial charge in [-0.3, -0.25) is 27.7 Å². The van der Waals surface area contributed by atoms with Gasteiger partial charge in [-0.1, -0.05) is 166 Å². The van der Waals surface area contributed by atoms with Crippen molar-refractivity contribution in [3.63, 3.8) is 0 Å². The Kier molecular flexibility index (Phi) is 46.4. The maximum absolute atomic E-state index is 12.2. The molecule has 17 heteroatoms. The van der Waals surface area contributed by atoms with Crippen LogP contribution in [0.5, 0.6) is 0 Å². The lowest BCUT2D eigenvalue weighted by atomic mass is 10.1. The molecule has 5 atom stereocenters. The summed E-state index contributed by atoms with van der Waals surface area (Å²) in [6.07, 6.45) is 60.0. The number of hydrogen-bond donors (Lipinski definition) is 5. The van der Waals surface area contributed by atoms with Crippen LogP contribution in [-0.4, -0.2) is 95.0 Å². The Balaban J connectivity index is 4.03. The summed E-state index contributed by atoms with van der Waals surface area (Å²) >= 11 is 0. The molecule has 5 N–H and O–H groups in total. The second-order valence-corrected chi connectivity index (χ2v) is 19.0. The van der Waals surface area contributed by atoms with Gasteiger partial charge in [0.25, 0.3) is 0 Å². The van der Waals surface area contributed by atoms with Crippen LogP contribution in [0.3, 0.4) is 0 Å². The van der Waals surface area contributed by atoms with Gasteiger partial charge in [0.15, 0.2) is 0 Å². The van der Waals surface area contributed by atoms with Gasteiger partial charge in [0.2, 0.25) is 0 Å². The molecule has 0 aromatic heterocycles. The lowest BCUT2D eigenvalue weighted by molar-refractivity contribution is -0.147. The molecule has 0 saturated heterocycles. The molecule has 406 valence electrons. The van der Waals surface area contributed by atoms with Crippen LogP contribution in [0.1, 0.15) is 129 Å². The van der Waals surface area contributed by atoms with Crippen LogP contribution in [0, 0.1) is 0 Å². The number of carbonyl (C=O) groups is 2. The lowest BCUT2D eigenvalue weighted by Gasteiger charge is -2.19. The van der Waals surface area contributed by atoms with Crippen LogP contribution in [0.15, 0.2) is 146 Å². The zero-order valence-corrected chi connectivity index (χ0v) is 44.6. The zero-order chi connectivity index (χ0) is 53.1. The summed E-state index contributed by atoms with van der Waals surface area (Å²) in [6, 6.07) is 0. The van der Waals surface area contributed by atoms with Crippen molar-refractivity contribution in [2.75, 3.05) is 39.6 Å². The molecular formula is C55H86O15P2. The van der Waals surface area contributed by atoms with E-state index in [-0.39, 0.29) is 12.8 Å². The maximum atomic E-state index is 12.2. The number of carbonyl (C=O) groups excluding carboxylic acids is 2. The van der Waals surface area contributed by atoms with Crippen LogP contribution in [0.25, 0.3) is 0 Å². The molecule has 0 aliphatic heterocycles. The van der Waals surface area contributed by atoms with Crippen molar-refractivity contribution >= 4 is 27.6 Å². The van der Waals surface area contributed by atoms with Gasteiger partial charge in [-0.25, -0.2) is 9.13 Å². The number of ether oxygens (including phenoxy) is 2. The van der Waals surface area contributed by atoms with E-state index < -0.39 is 85.5 Å². The summed E-state index contributed by atoms with van der Waals surface area (Å²) in [5, 5.41) is 30.1. The molecule has 15 nitrogen and oxygen atoms in total. The Morgan fingerprint density at radius 2 is 0.653 bits per heavy atom. The summed E-state index contributed by atoms with van der Waals surface area (Å²) in [4.78, 5) is 43.8. The molecule has 0 fully saturated rings. The van der Waals surface area contributed by atoms with Gasteiger partial charge in [0.1, 0.15) is 31.5 Å². The Hall–Kier alpha value is -4.08. The fraction of sp³-hybridized carbons (Fsp3) is 0.527. The van der Waals surface area contributed by atoms with Gasteiger partial charge < -0.3 is 34.6 Å². The van der Waals surface area contributed by atoms with Crippen LogP contribution >= 0.6 is 15.6 Å². The summed E-state index contributed by atoms with van der Waals surface area (Å²) in [5.74, 6) is -1.17. The first-order valence-corrected chi connectivity index (χ1v) is 28.2. The van der Waals surface area contributed by atoms with E-state index in [1.54, 1.807) is 12.2 Å². The van der Waals surface area contributed by atoms with Gasteiger partial charge in [0.05, 0.1) is 32.8 Å². The highest BCUT2D eigenvalue weighted by atomic mass is 31.2. The quantitative estimate of drug-likeness (QED) is 0.0165. The van der Waals surface area contributed by atoms with Crippen LogP contribution in [0.2, 0.25) is 0 Å². The number of allylic oxidation sites excluding steroid dienone is 23. The molecular weight excluding hydrogens is 963 g/mol. The first-order valence-electron chi connectivity index (χ1n) is 25.2. The molecule has 0 heterocycles. The Morgan fingerprint density at radius 3 is 0.986 bits per heavy atom. The van der Waals surface area contributed by atoms with Gasteiger partial charge in [-0.2, -0.15) is 0 Å². The van der Waals surface area contributed by atoms with E-state index in [9.17, 15) is 43.8 Å². The number of aliphatic hydroxyl groups is 3. The van der Waals surface area contributed by atoms with E-state index >= 15 is 0 Å². The average Bonchev–Trinajstić information content (AvgIpc) is 3.36. The highest BCUT2D eigenvalue weighted by Crippen LogP contribution is 2.45. The fourth-order valence-corrected chi connectivity index (χ4v) is 7.09. The molecule has 0 bridgehead atoms. The third kappa shape index (κ3) is 50.8. The number of rotatable bonds is 46. The minimum absolute atomic E-state index is 0.0474. The molecule has 0 aliphatic rings. The van der Waals surface area contributed by atoms with E-state index in [0.717, 1.165) is 89.9 Å². The van der Waals surface area contributed by atoms with Crippen LogP contribution < -0.4 is 0 Å². The second kappa shape index (κ2) is 49.1. The molecule has 0 radical (unpaired) electrons. The van der Waals surface area contributed by atoms with Gasteiger partial charge >= 0.3 is 27.6 Å². The zero-order valence-electron chi connectivity index (χ0n) is 42.8. The Morgan fingerprint density at radius 1 is 0.375 bits per heavy atom. The molecule has 0 rings (SSSR count). The van der Waals surface area contributed by atoms with E-state index in [1.807, 2.05) is 12.2 Å². The number of esters is 2. The average molecular weight is 1050 g/mol. The predicted molar refractivity (Wildman–Crippen MR) is 288 cm³/mol. The first-order chi connectivity index (χ1) is 34.8. The smallest absolute Gasteiger partial charge is 0.463 e. The number of phosphoric acid groups is 2. The van der Waals surface area contributed by atoms with Crippen molar-refractivity contribution < 1.29 is 71.4 Å². The first kappa shape index (κ1) is 67.9. The predicted octanol–water partition coefficient (Wildman–Crippen LogP) is 12.2. The third-order valence-electron chi connectivity index (χ3n) is 9.32. The van der Waals surface area contributed by atoms with Crippen molar-refractivity contribution in [1.82, 2.24) is 0 Å². The third-order valence-corrected chi connectivity index (χ3v) is 11.2. The standard InChI is InChI=1S/C55H86O15P2/c1-3-5-7-9-11-13-15-17-19-21-23-24-26-28-30-32-34-36-38-40-42-44-55(60)66-46-52(57)48-68-72(63,64)70-50-53(58)49-69-71(61,62)67-47-51(56)45-65-54(59)43-41-39-37-35-33-31-29-27-25-22-20-18-16-14-12-10-8-6-4-2/h5-8,11-14,17-20,23-25,27-28,30-31,33-34,36,40,42,51-53,56-58H,3-4,9-10,15-16,21-22,26,29,32,35,37-39,41,43-50H2,1-2H3,(H,61,62)(H,63,64)/b7-5-,8-6-,13-11-,14-12-,19-17-,20-18-,24-23-,27-25-,30-28-,33-31-,36-34-,42-40-. The molecule has 5 unspecified atom stereocenters. The fourth-order valence-electron chi connectivity index (χ4n) is 5.50. The monoisotopic (exact) mass is 1050 g/mol. The highest BCUT2D eigenvalue weighted by molar-refractivity contribution is 7.47. The van der Waals surface area contributed by atoms with E-state index in [0.29, 0.717) is 12.8 Å². The van der Waals surface area contributed by atoms with Crippen molar-refractivity contribution in [3.05, 3.63) is 146 Å². The summed E-state index contributed by atoms with van der Waals surface area (Å²) in [5.41, 5.74) is 0. The largest absolute Gasteiger partial charge is 0.472 e. The minimum Gasteiger partial charge on any atom is -0.463 e. The van der Waals surface area contributed by atoms with Crippen LogP contribution in [0.4, 0.5) is 0 Å². The molecule has 0 amide bonds. The molecule has 72 heavy (non-hydrogen) atoms. The normalized spacial score (nSPS) is 16.0.